The van der Waals surface area contributed by atoms with Crippen molar-refractivity contribution in [3.63, 3.8) is 0 Å². The fourth-order valence-electron chi connectivity index (χ4n) is 2.33. The average molecular weight is 303 g/mol. The number of imidazole rings is 1. The van der Waals surface area contributed by atoms with Crippen LogP contribution in [0.5, 0.6) is 5.75 Å². The molecule has 0 bridgehead atoms. The lowest BCUT2D eigenvalue weighted by atomic mass is 10.1. The molecule has 3 aromatic rings. The van der Waals surface area contributed by atoms with E-state index in [9.17, 15) is 5.26 Å². The zero-order valence-electron chi connectivity index (χ0n) is 12.9. The summed E-state index contributed by atoms with van der Waals surface area (Å²) in [6.45, 7) is 2.71. The third-order valence-electron chi connectivity index (χ3n) is 3.45. The smallest absolute Gasteiger partial charge is 0.149 e. The SMILES string of the molecule is CCCOc1ccccc1/C=C(\C#N)c1nc2ccccc2[nH]1. The number of para-hydroxylation sites is 3. The first-order chi connectivity index (χ1) is 11.3. The molecule has 0 unspecified atom stereocenters. The number of fused-ring (bicyclic) bond motifs is 1. The van der Waals surface area contributed by atoms with Crippen LogP contribution in [0.2, 0.25) is 0 Å². The van der Waals surface area contributed by atoms with Crippen molar-refractivity contribution in [2.75, 3.05) is 6.61 Å². The topological polar surface area (TPSA) is 61.7 Å². The Balaban J connectivity index is 2.00. The molecule has 0 spiro atoms. The Morgan fingerprint density at radius 3 is 2.78 bits per heavy atom. The molecule has 0 fully saturated rings. The van der Waals surface area contributed by atoms with E-state index in [-0.39, 0.29) is 0 Å². The summed E-state index contributed by atoms with van der Waals surface area (Å²) in [4.78, 5) is 7.67. The van der Waals surface area contributed by atoms with Crippen LogP contribution in [0.3, 0.4) is 0 Å². The van der Waals surface area contributed by atoms with Crippen molar-refractivity contribution >= 4 is 22.7 Å². The second kappa shape index (κ2) is 6.80. The third-order valence-corrected chi connectivity index (χ3v) is 3.45. The molecule has 4 nitrogen and oxygen atoms in total. The van der Waals surface area contributed by atoms with Crippen molar-refractivity contribution in [3.8, 4) is 11.8 Å². The Bertz CT molecular complexity index is 854. The predicted octanol–water partition coefficient (Wildman–Crippen LogP) is 4.42. The summed E-state index contributed by atoms with van der Waals surface area (Å²) in [5, 5.41) is 9.51. The van der Waals surface area contributed by atoms with Crippen LogP contribution in [-0.4, -0.2) is 16.6 Å². The van der Waals surface area contributed by atoms with Gasteiger partial charge in [-0.2, -0.15) is 5.26 Å². The first-order valence-electron chi connectivity index (χ1n) is 7.60. The van der Waals surface area contributed by atoms with E-state index in [4.69, 9.17) is 4.74 Å². The Labute approximate surface area is 135 Å². The number of benzene rings is 2. The van der Waals surface area contributed by atoms with Crippen LogP contribution >= 0.6 is 0 Å². The first kappa shape index (κ1) is 14.9. The second-order valence-electron chi connectivity index (χ2n) is 5.16. The standard InChI is InChI=1S/C19H17N3O/c1-2-11-23-18-10-6-3-7-14(18)12-15(13-20)19-21-16-8-4-5-9-17(16)22-19/h3-10,12H,2,11H2,1H3,(H,21,22)/b15-12+. The lowest BCUT2D eigenvalue weighted by Crippen LogP contribution is -1.97. The Morgan fingerprint density at radius 1 is 1.22 bits per heavy atom. The summed E-state index contributed by atoms with van der Waals surface area (Å²) >= 11 is 0. The maximum Gasteiger partial charge on any atom is 0.149 e. The summed E-state index contributed by atoms with van der Waals surface area (Å²) in [5.74, 6) is 1.34. The number of hydrogen-bond acceptors (Lipinski definition) is 3. The van der Waals surface area contributed by atoms with Crippen LogP contribution < -0.4 is 4.74 Å². The highest BCUT2D eigenvalue weighted by Crippen LogP contribution is 2.24. The largest absolute Gasteiger partial charge is 0.493 e. The highest BCUT2D eigenvalue weighted by Gasteiger charge is 2.09. The van der Waals surface area contributed by atoms with Crippen molar-refractivity contribution in [3.05, 3.63) is 59.9 Å². The minimum Gasteiger partial charge on any atom is -0.493 e. The van der Waals surface area contributed by atoms with E-state index in [1.54, 1.807) is 0 Å². The van der Waals surface area contributed by atoms with E-state index in [2.05, 4.69) is 23.0 Å². The zero-order chi connectivity index (χ0) is 16.1. The number of nitrogens with one attached hydrogen (secondary N) is 1. The lowest BCUT2D eigenvalue weighted by molar-refractivity contribution is 0.317. The fourth-order valence-corrected chi connectivity index (χ4v) is 2.33. The van der Waals surface area contributed by atoms with Gasteiger partial charge in [-0.3, -0.25) is 0 Å². The van der Waals surface area contributed by atoms with Crippen LogP contribution in [0.25, 0.3) is 22.7 Å². The number of nitriles is 1. The van der Waals surface area contributed by atoms with Crippen molar-refractivity contribution in [1.29, 1.82) is 5.26 Å². The molecule has 0 aliphatic carbocycles. The Kier molecular flexibility index (Phi) is 4.39. The summed E-state index contributed by atoms with van der Waals surface area (Å²) < 4.78 is 5.74. The summed E-state index contributed by atoms with van der Waals surface area (Å²) in [7, 11) is 0. The van der Waals surface area contributed by atoms with Gasteiger partial charge < -0.3 is 9.72 Å². The lowest BCUT2D eigenvalue weighted by Gasteiger charge is -2.08. The predicted molar refractivity (Wildman–Crippen MR) is 91.8 cm³/mol. The molecule has 0 aliphatic heterocycles. The maximum absolute atomic E-state index is 9.51. The van der Waals surface area contributed by atoms with Gasteiger partial charge in [0.15, 0.2) is 0 Å². The van der Waals surface area contributed by atoms with Crippen molar-refractivity contribution in [2.45, 2.75) is 13.3 Å². The quantitative estimate of drug-likeness (QED) is 0.710. The normalized spacial score (nSPS) is 11.4. The molecule has 2 aromatic carbocycles. The highest BCUT2D eigenvalue weighted by molar-refractivity contribution is 5.91. The van der Waals surface area contributed by atoms with Gasteiger partial charge in [0.1, 0.15) is 17.6 Å². The highest BCUT2D eigenvalue weighted by atomic mass is 16.5. The molecule has 1 aromatic heterocycles. The van der Waals surface area contributed by atoms with Gasteiger partial charge in [0.2, 0.25) is 0 Å². The van der Waals surface area contributed by atoms with Gasteiger partial charge >= 0.3 is 0 Å². The summed E-state index contributed by atoms with van der Waals surface area (Å²) in [6.07, 6.45) is 2.75. The first-order valence-corrected chi connectivity index (χ1v) is 7.60. The zero-order valence-corrected chi connectivity index (χ0v) is 12.9. The number of hydrogen-bond donors (Lipinski definition) is 1. The number of H-pyrrole nitrogens is 1. The summed E-state index contributed by atoms with van der Waals surface area (Å²) in [6, 6.07) is 17.7. The minimum absolute atomic E-state index is 0.480. The third kappa shape index (κ3) is 3.24. The monoisotopic (exact) mass is 303 g/mol. The van der Waals surface area contributed by atoms with Gasteiger partial charge in [-0.15, -0.1) is 0 Å². The van der Waals surface area contributed by atoms with E-state index in [1.807, 2.05) is 54.6 Å². The van der Waals surface area contributed by atoms with Crippen LogP contribution in [0.15, 0.2) is 48.5 Å². The van der Waals surface area contributed by atoms with Gasteiger partial charge in [-0.25, -0.2) is 4.98 Å². The molecule has 114 valence electrons. The molecule has 0 saturated carbocycles. The van der Waals surface area contributed by atoms with Crippen molar-refractivity contribution in [1.82, 2.24) is 9.97 Å². The van der Waals surface area contributed by atoms with Gasteiger partial charge in [0, 0.05) is 5.56 Å². The van der Waals surface area contributed by atoms with Crippen LogP contribution in [-0.2, 0) is 0 Å². The molecule has 1 N–H and O–H groups in total. The molecular weight excluding hydrogens is 286 g/mol. The van der Waals surface area contributed by atoms with E-state index >= 15 is 0 Å². The Morgan fingerprint density at radius 2 is 2.00 bits per heavy atom. The van der Waals surface area contributed by atoms with Crippen LogP contribution in [0.1, 0.15) is 24.7 Å². The van der Waals surface area contributed by atoms with Gasteiger partial charge in [-0.05, 0) is 30.7 Å². The number of nitrogens with zero attached hydrogens (tertiary/aromatic N) is 2. The molecule has 4 heteroatoms. The van der Waals surface area contributed by atoms with E-state index in [0.717, 1.165) is 28.8 Å². The molecule has 0 radical (unpaired) electrons. The molecular formula is C19H17N3O. The maximum atomic E-state index is 9.51. The van der Waals surface area contributed by atoms with Crippen molar-refractivity contribution in [2.24, 2.45) is 0 Å². The molecule has 0 aliphatic rings. The fraction of sp³-hybridized carbons (Fsp3) is 0.158. The molecule has 1 heterocycles. The van der Waals surface area contributed by atoms with Crippen LogP contribution in [0.4, 0.5) is 0 Å². The van der Waals surface area contributed by atoms with E-state index in [0.29, 0.717) is 18.0 Å². The second-order valence-corrected chi connectivity index (χ2v) is 5.16. The molecule has 23 heavy (non-hydrogen) atoms. The number of aromatic amines is 1. The molecule has 0 amide bonds. The molecule has 3 rings (SSSR count). The number of rotatable bonds is 5. The average Bonchev–Trinajstić information content (AvgIpc) is 3.02. The molecule has 0 saturated heterocycles. The van der Waals surface area contributed by atoms with Crippen LogP contribution in [0, 0.1) is 11.3 Å². The van der Waals surface area contributed by atoms with Gasteiger partial charge in [0.25, 0.3) is 0 Å². The van der Waals surface area contributed by atoms with E-state index < -0.39 is 0 Å². The van der Waals surface area contributed by atoms with Gasteiger partial charge in [0.05, 0.1) is 23.2 Å². The number of ether oxygens (including phenoxy) is 1. The summed E-state index contributed by atoms with van der Waals surface area (Å²) in [5.41, 5.74) is 3.12. The Hall–Kier alpha value is -3.06. The van der Waals surface area contributed by atoms with Crippen molar-refractivity contribution < 1.29 is 4.74 Å². The van der Waals surface area contributed by atoms with Gasteiger partial charge in [-0.1, -0.05) is 37.3 Å². The number of aromatic nitrogens is 2. The number of allylic oxidation sites excluding steroid dienone is 1. The minimum atomic E-state index is 0.480. The van der Waals surface area contributed by atoms with E-state index in [1.165, 1.54) is 0 Å². The molecule has 0 atom stereocenters.